The molecule has 0 spiro atoms. The van der Waals surface area contributed by atoms with E-state index in [1.54, 1.807) is 0 Å². The van der Waals surface area contributed by atoms with Gasteiger partial charge in [0.05, 0.1) is 0 Å². The molecule has 0 amide bonds. The number of hydrogen-bond acceptors (Lipinski definition) is 2. The second kappa shape index (κ2) is 8.23. The van der Waals surface area contributed by atoms with Crippen LogP contribution in [0.1, 0.15) is 32.3 Å². The van der Waals surface area contributed by atoms with E-state index < -0.39 is 11.6 Å². The zero-order chi connectivity index (χ0) is 14.3. The van der Waals surface area contributed by atoms with Gasteiger partial charge >= 0.3 is 0 Å². The lowest BCUT2D eigenvalue weighted by Gasteiger charge is -2.13. The van der Waals surface area contributed by atoms with E-state index in [1.165, 1.54) is 12.1 Å². The molecule has 1 atom stereocenters. The van der Waals surface area contributed by atoms with Gasteiger partial charge in [0.25, 0.3) is 0 Å². The van der Waals surface area contributed by atoms with Crippen LogP contribution in [0.15, 0.2) is 18.2 Å². The molecule has 108 valence electrons. The summed E-state index contributed by atoms with van der Waals surface area (Å²) in [7, 11) is 0. The maximum Gasteiger partial charge on any atom is 0.126 e. The van der Waals surface area contributed by atoms with Gasteiger partial charge in [-0.25, -0.2) is 8.78 Å². The first-order valence-corrected chi connectivity index (χ1v) is 6.88. The SMILES string of the molecule is CC(C)CCNCC[C@H](N)Cc1cc(F)cc(F)c1. The van der Waals surface area contributed by atoms with Crippen LogP contribution in [0.2, 0.25) is 0 Å². The molecule has 1 rings (SSSR count). The highest BCUT2D eigenvalue weighted by atomic mass is 19.1. The molecule has 19 heavy (non-hydrogen) atoms. The largest absolute Gasteiger partial charge is 0.327 e. The number of nitrogens with two attached hydrogens (primary N) is 1. The van der Waals surface area contributed by atoms with Crippen LogP contribution < -0.4 is 11.1 Å². The van der Waals surface area contributed by atoms with E-state index in [0.717, 1.165) is 32.0 Å². The number of halogens is 2. The standard InChI is InChI=1S/C15H24F2N2/c1-11(2)3-5-19-6-4-15(18)9-12-7-13(16)10-14(17)8-12/h7-8,10-11,15,19H,3-6,9,18H2,1-2H3/t15-/m0/s1. The zero-order valence-corrected chi connectivity index (χ0v) is 11.8. The molecule has 0 radical (unpaired) electrons. The summed E-state index contributed by atoms with van der Waals surface area (Å²) >= 11 is 0. The topological polar surface area (TPSA) is 38.0 Å². The molecule has 1 aromatic carbocycles. The lowest BCUT2D eigenvalue weighted by Crippen LogP contribution is -2.29. The lowest BCUT2D eigenvalue weighted by atomic mass is 10.0. The summed E-state index contributed by atoms with van der Waals surface area (Å²) in [5.41, 5.74) is 6.58. The Bertz CT molecular complexity index is 360. The average Bonchev–Trinajstić information content (AvgIpc) is 2.26. The van der Waals surface area contributed by atoms with E-state index in [2.05, 4.69) is 19.2 Å². The van der Waals surface area contributed by atoms with Gasteiger partial charge in [-0.1, -0.05) is 13.8 Å². The summed E-state index contributed by atoms with van der Waals surface area (Å²) in [4.78, 5) is 0. The van der Waals surface area contributed by atoms with E-state index in [-0.39, 0.29) is 6.04 Å². The summed E-state index contributed by atoms with van der Waals surface area (Å²) in [5.74, 6) is -0.397. The van der Waals surface area contributed by atoms with Crippen molar-refractivity contribution in [1.29, 1.82) is 0 Å². The number of rotatable bonds is 8. The summed E-state index contributed by atoms with van der Waals surface area (Å²) in [6, 6.07) is 3.49. The molecule has 0 fully saturated rings. The van der Waals surface area contributed by atoms with Crippen molar-refractivity contribution in [2.24, 2.45) is 11.7 Å². The van der Waals surface area contributed by atoms with Gasteiger partial charge in [0.15, 0.2) is 0 Å². The minimum atomic E-state index is -0.544. The number of nitrogens with one attached hydrogen (secondary N) is 1. The highest BCUT2D eigenvalue weighted by Crippen LogP contribution is 2.10. The van der Waals surface area contributed by atoms with Crippen molar-refractivity contribution < 1.29 is 8.78 Å². The number of benzene rings is 1. The predicted octanol–water partition coefficient (Wildman–Crippen LogP) is 2.86. The molecule has 2 nitrogen and oxygen atoms in total. The van der Waals surface area contributed by atoms with E-state index >= 15 is 0 Å². The molecule has 0 bridgehead atoms. The van der Waals surface area contributed by atoms with Crippen molar-refractivity contribution in [3.8, 4) is 0 Å². The molecular weight excluding hydrogens is 246 g/mol. The van der Waals surface area contributed by atoms with Crippen molar-refractivity contribution in [3.05, 3.63) is 35.4 Å². The van der Waals surface area contributed by atoms with Crippen LogP contribution in [-0.4, -0.2) is 19.1 Å². The Balaban J connectivity index is 2.25. The third kappa shape index (κ3) is 7.23. The van der Waals surface area contributed by atoms with Gasteiger partial charge in [0, 0.05) is 12.1 Å². The Labute approximate surface area is 114 Å². The zero-order valence-electron chi connectivity index (χ0n) is 11.8. The highest BCUT2D eigenvalue weighted by Gasteiger charge is 2.07. The van der Waals surface area contributed by atoms with Gasteiger partial charge in [-0.2, -0.15) is 0 Å². The smallest absolute Gasteiger partial charge is 0.126 e. The summed E-state index contributed by atoms with van der Waals surface area (Å²) < 4.78 is 26.0. The van der Waals surface area contributed by atoms with Gasteiger partial charge in [-0.05, 0) is 56.0 Å². The molecule has 3 N–H and O–H groups in total. The fourth-order valence-electron chi connectivity index (χ4n) is 1.94. The quantitative estimate of drug-likeness (QED) is 0.713. The van der Waals surface area contributed by atoms with Gasteiger partial charge in [-0.3, -0.25) is 0 Å². The van der Waals surface area contributed by atoms with Gasteiger partial charge in [-0.15, -0.1) is 0 Å². The Morgan fingerprint density at radius 2 is 1.63 bits per heavy atom. The van der Waals surface area contributed by atoms with Crippen LogP contribution in [0.3, 0.4) is 0 Å². The van der Waals surface area contributed by atoms with Gasteiger partial charge in [0.2, 0.25) is 0 Å². The van der Waals surface area contributed by atoms with E-state index in [0.29, 0.717) is 17.9 Å². The Kier molecular flexibility index (Phi) is 6.95. The molecule has 0 aliphatic heterocycles. The van der Waals surface area contributed by atoms with Crippen molar-refractivity contribution in [1.82, 2.24) is 5.32 Å². The van der Waals surface area contributed by atoms with E-state index in [4.69, 9.17) is 5.73 Å². The molecule has 0 saturated heterocycles. The summed E-state index contributed by atoms with van der Waals surface area (Å²) in [6.45, 7) is 6.20. The minimum Gasteiger partial charge on any atom is -0.327 e. The Morgan fingerprint density at radius 3 is 2.21 bits per heavy atom. The predicted molar refractivity (Wildman–Crippen MR) is 75.0 cm³/mol. The summed E-state index contributed by atoms with van der Waals surface area (Å²) in [6.07, 6.45) is 2.45. The highest BCUT2D eigenvalue weighted by molar-refractivity contribution is 5.18. The lowest BCUT2D eigenvalue weighted by molar-refractivity contribution is 0.508. The molecule has 1 aromatic rings. The Hall–Kier alpha value is -1.00. The maximum absolute atomic E-state index is 13.0. The van der Waals surface area contributed by atoms with Crippen molar-refractivity contribution >= 4 is 0 Å². The second-order valence-electron chi connectivity index (χ2n) is 5.46. The number of hydrogen-bond donors (Lipinski definition) is 2. The third-order valence-corrected chi connectivity index (χ3v) is 3.01. The van der Waals surface area contributed by atoms with Crippen molar-refractivity contribution in [3.63, 3.8) is 0 Å². The third-order valence-electron chi connectivity index (χ3n) is 3.01. The van der Waals surface area contributed by atoms with Gasteiger partial charge < -0.3 is 11.1 Å². The van der Waals surface area contributed by atoms with Crippen molar-refractivity contribution in [2.75, 3.05) is 13.1 Å². The first-order chi connectivity index (χ1) is 8.97. The maximum atomic E-state index is 13.0. The minimum absolute atomic E-state index is 0.0762. The molecular formula is C15H24F2N2. The Morgan fingerprint density at radius 1 is 1.05 bits per heavy atom. The second-order valence-corrected chi connectivity index (χ2v) is 5.46. The van der Waals surface area contributed by atoms with Crippen molar-refractivity contribution in [2.45, 2.75) is 39.2 Å². The molecule has 0 aromatic heterocycles. The van der Waals surface area contributed by atoms with Crippen LogP contribution >= 0.6 is 0 Å². The fourth-order valence-corrected chi connectivity index (χ4v) is 1.94. The van der Waals surface area contributed by atoms with Crippen LogP contribution in [0.25, 0.3) is 0 Å². The molecule has 0 aliphatic carbocycles. The molecule has 0 saturated carbocycles. The normalized spacial score (nSPS) is 12.9. The van der Waals surface area contributed by atoms with Crippen LogP contribution in [0, 0.1) is 17.6 Å². The monoisotopic (exact) mass is 270 g/mol. The van der Waals surface area contributed by atoms with Crippen LogP contribution in [0.5, 0.6) is 0 Å². The van der Waals surface area contributed by atoms with Crippen LogP contribution in [0.4, 0.5) is 8.78 Å². The molecule has 4 heteroatoms. The fraction of sp³-hybridized carbons (Fsp3) is 0.600. The van der Waals surface area contributed by atoms with E-state index in [9.17, 15) is 8.78 Å². The molecule has 0 aliphatic rings. The first kappa shape index (κ1) is 16.1. The van der Waals surface area contributed by atoms with Gasteiger partial charge in [0.1, 0.15) is 11.6 Å². The van der Waals surface area contributed by atoms with Crippen LogP contribution in [-0.2, 0) is 6.42 Å². The van der Waals surface area contributed by atoms with E-state index in [1.807, 2.05) is 0 Å². The first-order valence-electron chi connectivity index (χ1n) is 6.88. The molecule has 0 unspecified atom stereocenters. The summed E-state index contributed by atoms with van der Waals surface area (Å²) in [5, 5.41) is 3.33. The average molecular weight is 270 g/mol. The molecule has 0 heterocycles.